The van der Waals surface area contributed by atoms with Crippen LogP contribution in [0.3, 0.4) is 0 Å². The lowest BCUT2D eigenvalue weighted by atomic mass is 10.1. The van der Waals surface area contributed by atoms with Crippen LogP contribution in [0.2, 0.25) is 0 Å². The van der Waals surface area contributed by atoms with Gasteiger partial charge in [-0.1, -0.05) is 27.7 Å². The zero-order valence-corrected chi connectivity index (χ0v) is 11.5. The number of nitrogens with one attached hydrogen (secondary N) is 1. The molecule has 0 aromatic carbocycles. The number of hydrogen-bond acceptors (Lipinski definition) is 2. The van der Waals surface area contributed by atoms with Gasteiger partial charge < -0.3 is 4.90 Å². The second-order valence-electron chi connectivity index (χ2n) is 4.46. The molecule has 0 spiro atoms. The lowest BCUT2D eigenvalue weighted by molar-refractivity contribution is 0.258. The molecule has 0 bridgehead atoms. The van der Waals surface area contributed by atoms with Crippen molar-refractivity contribution >= 4 is 5.96 Å². The second-order valence-corrected chi connectivity index (χ2v) is 4.46. The van der Waals surface area contributed by atoms with Crippen molar-refractivity contribution in [2.75, 3.05) is 13.1 Å². The lowest BCUT2D eigenvalue weighted by Crippen LogP contribution is -2.50. The molecule has 0 aliphatic carbocycles. The Morgan fingerprint density at radius 1 is 1.25 bits per heavy atom. The van der Waals surface area contributed by atoms with Gasteiger partial charge in [0.2, 0.25) is 5.96 Å². The monoisotopic (exact) mass is 228 g/mol. The number of nitrogens with two attached hydrogens (primary N) is 1. The molecule has 0 atom stereocenters. The van der Waals surface area contributed by atoms with Crippen LogP contribution < -0.4 is 11.3 Å². The fourth-order valence-corrected chi connectivity index (χ4v) is 1.90. The topological polar surface area (TPSA) is 53.6 Å². The Kier molecular flexibility index (Phi) is 7.99. The number of rotatable bonds is 6. The highest BCUT2D eigenvalue weighted by atomic mass is 15.4. The van der Waals surface area contributed by atoms with E-state index < -0.39 is 0 Å². The Morgan fingerprint density at radius 3 is 2.12 bits per heavy atom. The maximum Gasteiger partial charge on any atom is 0.208 e. The highest BCUT2D eigenvalue weighted by Crippen LogP contribution is 2.11. The standard InChI is InChI=1S/C12H28N4/c1-6-11(7-2)16(9-10(4)5)12(15-13)14-8-3/h10-11H,6-9,13H2,1-5H3,(H,14,15). The number of guanidine groups is 1. The largest absolute Gasteiger partial charge is 0.339 e. The Balaban J connectivity index is 4.81. The normalized spacial score (nSPS) is 12.4. The molecule has 0 rings (SSSR count). The van der Waals surface area contributed by atoms with Gasteiger partial charge in [-0.3, -0.25) is 10.4 Å². The molecule has 0 fully saturated rings. The first-order chi connectivity index (χ1) is 7.60. The van der Waals surface area contributed by atoms with Gasteiger partial charge in [-0.05, 0) is 25.7 Å². The molecule has 0 unspecified atom stereocenters. The van der Waals surface area contributed by atoms with Crippen LogP contribution in [-0.4, -0.2) is 30.0 Å². The molecule has 3 N–H and O–H groups in total. The third kappa shape index (κ3) is 4.84. The molecule has 0 radical (unpaired) electrons. The maximum atomic E-state index is 5.56. The van der Waals surface area contributed by atoms with E-state index in [9.17, 15) is 0 Å². The molecule has 0 saturated carbocycles. The molecule has 4 nitrogen and oxygen atoms in total. The molecule has 4 heteroatoms. The minimum absolute atomic E-state index is 0.517. The van der Waals surface area contributed by atoms with Crippen LogP contribution in [-0.2, 0) is 0 Å². The van der Waals surface area contributed by atoms with E-state index in [4.69, 9.17) is 5.84 Å². The summed E-state index contributed by atoms with van der Waals surface area (Å²) in [4.78, 5) is 6.72. The van der Waals surface area contributed by atoms with Crippen molar-refractivity contribution in [2.24, 2.45) is 16.8 Å². The Morgan fingerprint density at radius 2 is 1.81 bits per heavy atom. The SMILES string of the molecule is CCN=C(NN)N(CC(C)C)C(CC)CC. The Hall–Kier alpha value is -0.770. The summed E-state index contributed by atoms with van der Waals surface area (Å²) in [6, 6.07) is 0.517. The molecule has 0 saturated heterocycles. The zero-order valence-electron chi connectivity index (χ0n) is 11.5. The summed E-state index contributed by atoms with van der Waals surface area (Å²) in [7, 11) is 0. The molecule has 0 heterocycles. The molecule has 0 aromatic rings. The first-order valence-corrected chi connectivity index (χ1v) is 6.38. The third-order valence-electron chi connectivity index (χ3n) is 2.65. The average Bonchev–Trinajstić information content (AvgIpc) is 2.25. The summed E-state index contributed by atoms with van der Waals surface area (Å²) in [5.74, 6) is 6.99. The van der Waals surface area contributed by atoms with Crippen LogP contribution in [0, 0.1) is 5.92 Å². The lowest BCUT2D eigenvalue weighted by Gasteiger charge is -2.34. The van der Waals surface area contributed by atoms with E-state index in [-0.39, 0.29) is 0 Å². The number of hydrazine groups is 1. The minimum Gasteiger partial charge on any atom is -0.339 e. The van der Waals surface area contributed by atoms with Crippen molar-refractivity contribution in [2.45, 2.75) is 53.5 Å². The minimum atomic E-state index is 0.517. The second kappa shape index (κ2) is 8.39. The zero-order chi connectivity index (χ0) is 12.6. The first kappa shape index (κ1) is 15.2. The maximum absolute atomic E-state index is 5.56. The van der Waals surface area contributed by atoms with E-state index >= 15 is 0 Å². The van der Waals surface area contributed by atoms with Gasteiger partial charge in [0.15, 0.2) is 0 Å². The van der Waals surface area contributed by atoms with Crippen molar-refractivity contribution in [3.05, 3.63) is 0 Å². The van der Waals surface area contributed by atoms with Crippen LogP contribution in [0.5, 0.6) is 0 Å². The summed E-state index contributed by atoms with van der Waals surface area (Å²) >= 11 is 0. The van der Waals surface area contributed by atoms with Gasteiger partial charge in [-0.15, -0.1) is 0 Å². The molecule has 0 amide bonds. The van der Waals surface area contributed by atoms with Gasteiger partial charge in [-0.25, -0.2) is 5.84 Å². The highest BCUT2D eigenvalue weighted by Gasteiger charge is 2.19. The van der Waals surface area contributed by atoms with Crippen molar-refractivity contribution in [3.63, 3.8) is 0 Å². The van der Waals surface area contributed by atoms with E-state index in [1.54, 1.807) is 0 Å². The molecule has 0 aliphatic rings. The van der Waals surface area contributed by atoms with E-state index in [1.807, 2.05) is 6.92 Å². The van der Waals surface area contributed by atoms with Crippen molar-refractivity contribution in [1.82, 2.24) is 10.3 Å². The molecule has 16 heavy (non-hydrogen) atoms. The quantitative estimate of drug-likeness (QED) is 0.316. The van der Waals surface area contributed by atoms with Gasteiger partial charge >= 0.3 is 0 Å². The average molecular weight is 228 g/mol. The number of aliphatic imine (C=N–C) groups is 1. The number of hydrogen-bond donors (Lipinski definition) is 2. The smallest absolute Gasteiger partial charge is 0.208 e. The van der Waals surface area contributed by atoms with Crippen LogP contribution >= 0.6 is 0 Å². The predicted molar refractivity (Wildman–Crippen MR) is 71.2 cm³/mol. The van der Waals surface area contributed by atoms with Crippen LogP contribution in [0.25, 0.3) is 0 Å². The van der Waals surface area contributed by atoms with Gasteiger partial charge in [0, 0.05) is 19.1 Å². The van der Waals surface area contributed by atoms with Crippen LogP contribution in [0.4, 0.5) is 0 Å². The van der Waals surface area contributed by atoms with E-state index in [1.165, 1.54) is 0 Å². The highest BCUT2D eigenvalue weighted by molar-refractivity contribution is 5.79. The summed E-state index contributed by atoms with van der Waals surface area (Å²) < 4.78 is 0. The fraction of sp³-hybridized carbons (Fsp3) is 0.917. The Bertz CT molecular complexity index is 197. The van der Waals surface area contributed by atoms with Crippen LogP contribution in [0.1, 0.15) is 47.5 Å². The molecule has 0 aliphatic heterocycles. The van der Waals surface area contributed by atoms with E-state index in [0.717, 1.165) is 31.9 Å². The van der Waals surface area contributed by atoms with Gasteiger partial charge in [0.05, 0.1) is 0 Å². The fourth-order valence-electron chi connectivity index (χ4n) is 1.90. The third-order valence-corrected chi connectivity index (χ3v) is 2.65. The Labute approximate surface area is 100 Å². The predicted octanol–water partition coefficient (Wildman–Crippen LogP) is 1.97. The summed E-state index contributed by atoms with van der Waals surface area (Å²) in [6.07, 6.45) is 2.24. The van der Waals surface area contributed by atoms with Gasteiger partial charge in [-0.2, -0.15) is 0 Å². The van der Waals surface area contributed by atoms with Crippen molar-refractivity contribution < 1.29 is 0 Å². The summed E-state index contributed by atoms with van der Waals surface area (Å²) in [6.45, 7) is 12.6. The van der Waals surface area contributed by atoms with Crippen molar-refractivity contribution in [1.29, 1.82) is 0 Å². The van der Waals surface area contributed by atoms with Crippen LogP contribution in [0.15, 0.2) is 4.99 Å². The first-order valence-electron chi connectivity index (χ1n) is 6.38. The van der Waals surface area contributed by atoms with Gasteiger partial charge in [0.1, 0.15) is 0 Å². The summed E-state index contributed by atoms with van der Waals surface area (Å²) in [5.41, 5.74) is 2.73. The van der Waals surface area contributed by atoms with Crippen molar-refractivity contribution in [3.8, 4) is 0 Å². The molecule has 0 aromatic heterocycles. The number of nitrogens with zero attached hydrogens (tertiary/aromatic N) is 2. The molecular formula is C12H28N4. The van der Waals surface area contributed by atoms with E-state index in [0.29, 0.717) is 12.0 Å². The molecule has 96 valence electrons. The van der Waals surface area contributed by atoms with Gasteiger partial charge in [0.25, 0.3) is 0 Å². The summed E-state index contributed by atoms with van der Waals surface area (Å²) in [5, 5.41) is 0. The molecular weight excluding hydrogens is 200 g/mol. The van der Waals surface area contributed by atoms with E-state index in [2.05, 4.69) is 43.0 Å².